The minimum Gasteiger partial charge on any atom is -0.506 e. The second-order valence-electron chi connectivity index (χ2n) is 9.64. The van der Waals surface area contributed by atoms with E-state index in [1.165, 1.54) is 25.1 Å². The zero-order chi connectivity index (χ0) is 29.5. The van der Waals surface area contributed by atoms with Gasteiger partial charge in [0.2, 0.25) is 5.91 Å². The number of rotatable bonds is 12. The number of hydrogen-bond acceptors (Lipinski definition) is 9. The van der Waals surface area contributed by atoms with Gasteiger partial charge < -0.3 is 25.0 Å². The summed E-state index contributed by atoms with van der Waals surface area (Å²) in [6.45, 7) is 4.92. The van der Waals surface area contributed by atoms with Crippen molar-refractivity contribution in [3.8, 4) is 11.5 Å². The number of anilines is 1. The van der Waals surface area contributed by atoms with Crippen LogP contribution in [-0.2, 0) is 23.9 Å². The Kier molecular flexibility index (Phi) is 9.26. The van der Waals surface area contributed by atoms with Crippen LogP contribution >= 0.6 is 0 Å². The molecular weight excluding hydrogens is 528 g/mol. The number of esters is 1. The van der Waals surface area contributed by atoms with Gasteiger partial charge in [-0.15, -0.1) is 0 Å². The summed E-state index contributed by atoms with van der Waals surface area (Å²) in [5.74, 6) is -2.25. The first kappa shape index (κ1) is 29.2. The molecule has 0 bridgehead atoms. The van der Waals surface area contributed by atoms with E-state index >= 15 is 0 Å². The lowest BCUT2D eigenvalue weighted by molar-refractivity contribution is -0.149. The van der Waals surface area contributed by atoms with Crippen LogP contribution in [0, 0.1) is 0 Å². The lowest BCUT2D eigenvalue weighted by Crippen LogP contribution is -2.27. The first-order valence-electron chi connectivity index (χ1n) is 13.0. The molecule has 0 radical (unpaired) electrons. The molecule has 2 aromatic carbocycles. The number of aromatic hydroxyl groups is 1. The van der Waals surface area contributed by atoms with Crippen molar-refractivity contribution in [2.24, 2.45) is 0 Å². The van der Waals surface area contributed by atoms with Crippen molar-refractivity contribution in [3.63, 3.8) is 0 Å². The van der Waals surface area contributed by atoms with Crippen LogP contribution in [-0.4, -0.2) is 57.5 Å². The summed E-state index contributed by atoms with van der Waals surface area (Å²) in [4.78, 5) is 53.2. The van der Waals surface area contributed by atoms with Crippen molar-refractivity contribution in [1.82, 2.24) is 4.98 Å². The van der Waals surface area contributed by atoms with Crippen LogP contribution in [0.5, 0.6) is 11.5 Å². The summed E-state index contributed by atoms with van der Waals surface area (Å²) in [5.41, 5.74) is 1.78. The van der Waals surface area contributed by atoms with E-state index in [9.17, 15) is 29.4 Å². The number of carbonyl (C=O) groups is 4. The third kappa shape index (κ3) is 7.64. The summed E-state index contributed by atoms with van der Waals surface area (Å²) in [6, 6.07) is 13.4. The predicted molar refractivity (Wildman–Crippen MR) is 151 cm³/mol. The number of aliphatic hydroxyl groups excluding tert-OH is 1. The van der Waals surface area contributed by atoms with Gasteiger partial charge in [-0.3, -0.25) is 19.2 Å². The predicted octanol–water partition coefficient (Wildman–Crippen LogP) is 3.86. The number of aliphatic hydroxyl groups is 1. The van der Waals surface area contributed by atoms with Crippen LogP contribution in [0.25, 0.3) is 17.0 Å². The van der Waals surface area contributed by atoms with Gasteiger partial charge in [-0.05, 0) is 42.0 Å². The molecular formula is C31H30N2O8. The van der Waals surface area contributed by atoms with Crippen molar-refractivity contribution < 1.29 is 38.9 Å². The van der Waals surface area contributed by atoms with Gasteiger partial charge in [0.15, 0.2) is 5.78 Å². The standard InChI is InChI=1S/C31H30N2O8/c1-3-19-4-9-23(10-5-19)40-17-24(41-18(2)34)16-22(35)8-13-29(39)32-21-7-6-20-14-28(38)31(33-25(20)15-21)30-26(36)11-12-27(30)37/h3-7,9-12,14-15,24,26,30,36,38H,1,8,13,16-17H2,2H3,(H,32,39). The quantitative estimate of drug-likeness (QED) is 0.281. The summed E-state index contributed by atoms with van der Waals surface area (Å²) >= 11 is 0. The van der Waals surface area contributed by atoms with E-state index in [4.69, 9.17) is 9.47 Å². The van der Waals surface area contributed by atoms with Crippen LogP contribution in [0.2, 0.25) is 0 Å². The van der Waals surface area contributed by atoms with E-state index in [2.05, 4.69) is 16.9 Å². The molecule has 0 fully saturated rings. The fraction of sp³-hybridized carbons (Fsp3) is 0.258. The monoisotopic (exact) mass is 558 g/mol. The number of pyridine rings is 1. The average Bonchev–Trinajstić information content (AvgIpc) is 3.27. The maximum atomic E-state index is 12.6. The van der Waals surface area contributed by atoms with E-state index in [0.717, 1.165) is 5.56 Å². The SMILES string of the molecule is C=Cc1ccc(OCC(CC(=O)CCC(=O)Nc2ccc3cc(O)c(C4C(=O)C=CC4O)nc3c2)OC(C)=O)cc1. The number of fused-ring (bicyclic) bond motifs is 1. The maximum Gasteiger partial charge on any atom is 0.303 e. The molecule has 10 heteroatoms. The summed E-state index contributed by atoms with van der Waals surface area (Å²) in [5, 5.41) is 23.8. The third-order valence-electron chi connectivity index (χ3n) is 6.48. The number of ketones is 2. The highest BCUT2D eigenvalue weighted by molar-refractivity contribution is 6.00. The molecule has 3 atom stereocenters. The molecule has 1 aromatic heterocycles. The topological polar surface area (TPSA) is 152 Å². The van der Waals surface area contributed by atoms with Gasteiger partial charge in [-0.2, -0.15) is 0 Å². The molecule has 1 amide bonds. The Bertz CT molecular complexity index is 1510. The van der Waals surface area contributed by atoms with Crippen molar-refractivity contribution >= 4 is 46.1 Å². The Morgan fingerprint density at radius 2 is 1.88 bits per heavy atom. The fourth-order valence-electron chi connectivity index (χ4n) is 4.44. The van der Waals surface area contributed by atoms with Gasteiger partial charge in [0.05, 0.1) is 23.2 Å². The van der Waals surface area contributed by atoms with Gasteiger partial charge >= 0.3 is 5.97 Å². The molecule has 41 heavy (non-hydrogen) atoms. The molecule has 1 heterocycles. The van der Waals surface area contributed by atoms with Crippen molar-refractivity contribution in [2.75, 3.05) is 11.9 Å². The normalized spacial score (nSPS) is 16.8. The van der Waals surface area contributed by atoms with Gasteiger partial charge in [-0.25, -0.2) is 4.98 Å². The molecule has 4 rings (SSSR count). The van der Waals surface area contributed by atoms with Crippen molar-refractivity contribution in [1.29, 1.82) is 0 Å². The number of Topliss-reactive ketones (excluding diaryl/α,β-unsaturated/α-hetero) is 1. The fourth-order valence-corrected chi connectivity index (χ4v) is 4.44. The molecule has 212 valence electrons. The van der Waals surface area contributed by atoms with Crippen LogP contribution in [0.3, 0.4) is 0 Å². The first-order valence-corrected chi connectivity index (χ1v) is 13.0. The van der Waals surface area contributed by atoms with E-state index in [-0.39, 0.29) is 48.9 Å². The minimum atomic E-state index is -1.09. The van der Waals surface area contributed by atoms with E-state index < -0.39 is 30.0 Å². The summed E-state index contributed by atoms with van der Waals surface area (Å²) < 4.78 is 10.9. The first-order chi connectivity index (χ1) is 19.6. The van der Waals surface area contributed by atoms with Crippen LogP contribution in [0.15, 0.2) is 67.3 Å². The maximum absolute atomic E-state index is 12.6. The van der Waals surface area contributed by atoms with Crippen molar-refractivity contribution in [2.45, 2.75) is 44.3 Å². The Morgan fingerprint density at radius 3 is 2.54 bits per heavy atom. The highest BCUT2D eigenvalue weighted by atomic mass is 16.6. The largest absolute Gasteiger partial charge is 0.506 e. The molecule has 0 saturated heterocycles. The van der Waals surface area contributed by atoms with Crippen molar-refractivity contribution in [3.05, 3.63) is 78.5 Å². The molecule has 3 N–H and O–H groups in total. The smallest absolute Gasteiger partial charge is 0.303 e. The third-order valence-corrected chi connectivity index (χ3v) is 6.48. The molecule has 1 aliphatic carbocycles. The zero-order valence-corrected chi connectivity index (χ0v) is 22.4. The molecule has 0 spiro atoms. The number of allylic oxidation sites excluding steroid dienone is 1. The second kappa shape index (κ2) is 13.0. The summed E-state index contributed by atoms with van der Waals surface area (Å²) in [6.07, 6.45) is 2.12. The van der Waals surface area contributed by atoms with E-state index in [1.807, 2.05) is 12.1 Å². The Labute approximate surface area is 236 Å². The van der Waals surface area contributed by atoms with Gasteiger partial charge in [-0.1, -0.05) is 36.9 Å². The minimum absolute atomic E-state index is 0.0217. The van der Waals surface area contributed by atoms with Gasteiger partial charge in [0, 0.05) is 37.3 Å². The van der Waals surface area contributed by atoms with E-state index in [1.54, 1.807) is 36.4 Å². The number of nitrogens with zero attached hydrogens (tertiary/aromatic N) is 1. The highest BCUT2D eigenvalue weighted by Crippen LogP contribution is 2.34. The molecule has 0 saturated carbocycles. The van der Waals surface area contributed by atoms with Crippen LogP contribution < -0.4 is 10.1 Å². The Hall–Kier alpha value is -4.83. The summed E-state index contributed by atoms with van der Waals surface area (Å²) in [7, 11) is 0. The van der Waals surface area contributed by atoms with Gasteiger partial charge in [0.25, 0.3) is 0 Å². The van der Waals surface area contributed by atoms with E-state index in [0.29, 0.717) is 22.3 Å². The lowest BCUT2D eigenvalue weighted by atomic mass is 9.97. The number of aromatic nitrogens is 1. The number of hydrogen-bond donors (Lipinski definition) is 3. The average molecular weight is 559 g/mol. The van der Waals surface area contributed by atoms with Gasteiger partial charge in [0.1, 0.15) is 30.0 Å². The molecule has 1 aliphatic rings. The number of benzene rings is 2. The molecule has 0 aliphatic heterocycles. The number of ether oxygens (including phenoxy) is 2. The lowest BCUT2D eigenvalue weighted by Gasteiger charge is -2.17. The second-order valence-corrected chi connectivity index (χ2v) is 9.64. The zero-order valence-electron chi connectivity index (χ0n) is 22.4. The number of amides is 1. The molecule has 3 aromatic rings. The van der Waals surface area contributed by atoms with Crippen LogP contribution in [0.4, 0.5) is 5.69 Å². The number of carbonyl (C=O) groups excluding carboxylic acids is 4. The Balaban J connectivity index is 1.33. The molecule has 3 unspecified atom stereocenters. The molecule has 10 nitrogen and oxygen atoms in total. The Morgan fingerprint density at radius 1 is 1.12 bits per heavy atom. The number of nitrogens with one attached hydrogen (secondary N) is 1. The highest BCUT2D eigenvalue weighted by Gasteiger charge is 2.33. The van der Waals surface area contributed by atoms with Crippen LogP contribution in [0.1, 0.15) is 43.4 Å².